The number of fused-ring (bicyclic) bond motifs is 1. The van der Waals surface area contributed by atoms with Crippen LogP contribution in [0.1, 0.15) is 94.4 Å². The lowest BCUT2D eigenvalue weighted by Gasteiger charge is -2.42. The van der Waals surface area contributed by atoms with E-state index >= 15 is 0 Å². The Labute approximate surface area is 351 Å². The Balaban J connectivity index is 1.65. The largest absolute Gasteiger partial charge is 0.464 e. The van der Waals surface area contributed by atoms with E-state index in [9.17, 15) is 19.2 Å². The van der Waals surface area contributed by atoms with Crippen LogP contribution in [0.3, 0.4) is 0 Å². The van der Waals surface area contributed by atoms with Gasteiger partial charge < -0.3 is 35.3 Å². The summed E-state index contributed by atoms with van der Waals surface area (Å²) in [4.78, 5) is 56.4. The van der Waals surface area contributed by atoms with Crippen molar-refractivity contribution in [3.63, 3.8) is 0 Å². The summed E-state index contributed by atoms with van der Waals surface area (Å²) in [5.74, 6) is -2.61. The molecule has 1 amide bonds. The molecule has 0 spiro atoms. The molecule has 2 fully saturated rings. The van der Waals surface area contributed by atoms with Gasteiger partial charge in [0.15, 0.2) is 5.60 Å². The molecule has 59 heavy (non-hydrogen) atoms. The highest BCUT2D eigenvalue weighted by Gasteiger charge is 2.59. The number of carbonyl (C=O) groups is 4. The fraction of sp³-hybridized carbons (Fsp3) is 0.721. The highest BCUT2D eigenvalue weighted by Crippen LogP contribution is 2.41. The second-order valence-corrected chi connectivity index (χ2v) is 17.8. The highest BCUT2D eigenvalue weighted by molar-refractivity contribution is 6.15. The third kappa shape index (κ3) is 11.8. The van der Waals surface area contributed by atoms with Gasteiger partial charge in [-0.1, -0.05) is 52.0 Å². The van der Waals surface area contributed by atoms with Gasteiger partial charge in [-0.05, 0) is 103 Å². The molecule has 15 nitrogen and oxygen atoms in total. The number of unbranched alkanes of at least 4 members (excludes halogenated alkanes) is 1. The van der Waals surface area contributed by atoms with E-state index in [1.807, 2.05) is 79.9 Å². The lowest BCUT2D eigenvalue weighted by atomic mass is 9.62. The number of ether oxygens (including phenoxy) is 4. The number of benzene rings is 1. The number of Topliss-reactive ketones (excluding diaryl/α,β-unsaturated/α-hetero) is 1. The van der Waals surface area contributed by atoms with Crippen LogP contribution in [-0.2, 0) is 39.9 Å². The van der Waals surface area contributed by atoms with Crippen molar-refractivity contribution in [2.24, 2.45) is 23.7 Å². The summed E-state index contributed by atoms with van der Waals surface area (Å²) >= 11 is 0. The van der Waals surface area contributed by atoms with Crippen molar-refractivity contribution in [2.75, 3.05) is 39.1 Å². The van der Waals surface area contributed by atoms with Gasteiger partial charge in [0.1, 0.15) is 37.4 Å². The first-order valence-corrected chi connectivity index (χ1v) is 21.5. The van der Waals surface area contributed by atoms with Gasteiger partial charge in [0, 0.05) is 43.4 Å². The molecule has 3 heterocycles. The van der Waals surface area contributed by atoms with E-state index in [2.05, 4.69) is 27.9 Å². The number of nitrogens with two attached hydrogens (primary N) is 1. The molecule has 2 aliphatic rings. The predicted octanol–water partition coefficient (Wildman–Crippen LogP) is 4.44. The number of methoxy groups -OCH3 is 1. The Bertz CT molecular complexity index is 1730. The standard InChI is InChI=1S/C43H70BN7O8/c1-11-35-43(9)38(51(41(55)59-43)20-13-12-19-50-24-34(48-49-50)31-15-14-16-32(45)21-31)33(17-18-46-30(7)40(54)57-25-26(2)3)47-23-27(4)22-42(8,56-10)37(44)28(5)36(52)29(6)39(53)58-35/h14-16,21,24,26-30,33,35,37-38,46-47H,11-13,17-20,22-23,25,44-45H2,1-10H3/t27-,28+,29-,30-,33-,35-,37-,38-,42-,43-/m1/s1. The first-order chi connectivity index (χ1) is 27.8. The normalized spacial score (nSPS) is 30.3. The number of cyclic esters (lactones) is 1. The van der Waals surface area contributed by atoms with Crippen LogP contribution in [0.25, 0.3) is 11.3 Å². The second-order valence-electron chi connectivity index (χ2n) is 17.8. The first kappa shape index (κ1) is 47.7. The number of esters is 2. The van der Waals surface area contributed by atoms with Gasteiger partial charge >= 0.3 is 18.0 Å². The molecule has 1 aromatic heterocycles. The maximum Gasteiger partial charge on any atom is 0.410 e. The fourth-order valence-corrected chi connectivity index (χ4v) is 8.62. The molecule has 2 aromatic rings. The van der Waals surface area contributed by atoms with Crippen LogP contribution in [0.15, 0.2) is 30.5 Å². The molecular formula is C43H70BN7O8. The molecule has 16 heteroatoms. The number of aromatic nitrogens is 3. The molecule has 4 N–H and O–H groups in total. The van der Waals surface area contributed by atoms with Gasteiger partial charge in [0.25, 0.3) is 0 Å². The monoisotopic (exact) mass is 824 g/mol. The van der Waals surface area contributed by atoms with E-state index in [0.29, 0.717) is 70.6 Å². The van der Waals surface area contributed by atoms with Crippen LogP contribution in [0.5, 0.6) is 0 Å². The number of nitrogens with one attached hydrogen (secondary N) is 2. The van der Waals surface area contributed by atoms with Gasteiger partial charge in [-0.15, -0.1) is 5.10 Å². The van der Waals surface area contributed by atoms with Crippen molar-refractivity contribution in [2.45, 2.75) is 142 Å². The molecule has 2 aliphatic heterocycles. The van der Waals surface area contributed by atoms with Crippen molar-refractivity contribution in [1.29, 1.82) is 0 Å². The lowest BCUT2D eigenvalue weighted by molar-refractivity contribution is -0.170. The topological polar surface area (TPSA) is 189 Å². The summed E-state index contributed by atoms with van der Waals surface area (Å²) in [7, 11) is 3.67. The lowest BCUT2D eigenvalue weighted by Crippen LogP contribution is -2.62. The summed E-state index contributed by atoms with van der Waals surface area (Å²) in [5, 5.41) is 15.8. The van der Waals surface area contributed by atoms with Crippen molar-refractivity contribution >= 4 is 37.3 Å². The SMILES string of the molecule is B[C@@H]1[C@@H](C)C(=O)[C@@H](C)C(=O)O[C@H](CC)[C@@]2(C)OC(=O)N(CCCCn3cc(-c4cccc(N)c4)nn3)[C@@H]2[C@@H](CCN[C@H](C)C(=O)OCC(C)C)NC[C@H](C)C[C@@]1(C)OC. The molecule has 0 saturated carbocycles. The molecule has 2 saturated heterocycles. The quantitative estimate of drug-likeness (QED) is 0.0572. The molecule has 0 unspecified atom stereocenters. The van der Waals surface area contributed by atoms with E-state index in [1.165, 1.54) is 0 Å². The van der Waals surface area contributed by atoms with Crippen LogP contribution < -0.4 is 16.4 Å². The van der Waals surface area contributed by atoms with Gasteiger partial charge in [-0.3, -0.25) is 24.0 Å². The number of ketones is 1. The number of carbonyl (C=O) groups excluding carboxylic acids is 4. The number of rotatable bonds is 15. The van der Waals surface area contributed by atoms with Crippen LogP contribution in [0, 0.1) is 23.7 Å². The zero-order chi connectivity index (χ0) is 43.7. The number of hydrogen-bond acceptors (Lipinski definition) is 13. The summed E-state index contributed by atoms with van der Waals surface area (Å²) in [6, 6.07) is 5.99. The van der Waals surface area contributed by atoms with Gasteiger partial charge in [0.2, 0.25) is 0 Å². The van der Waals surface area contributed by atoms with Crippen LogP contribution >= 0.6 is 0 Å². The average molecular weight is 824 g/mol. The average Bonchev–Trinajstić information content (AvgIpc) is 3.78. The summed E-state index contributed by atoms with van der Waals surface area (Å²) in [6.07, 6.45) is 3.32. The van der Waals surface area contributed by atoms with Crippen molar-refractivity contribution in [1.82, 2.24) is 30.5 Å². The summed E-state index contributed by atoms with van der Waals surface area (Å²) in [5.41, 5.74) is 6.27. The van der Waals surface area contributed by atoms with E-state index in [4.69, 9.17) is 24.7 Å². The molecule has 4 rings (SSSR count). The predicted molar refractivity (Wildman–Crippen MR) is 229 cm³/mol. The number of amides is 1. The number of nitrogens with zero attached hydrogens (tertiary/aromatic N) is 4. The van der Waals surface area contributed by atoms with Crippen LogP contribution in [-0.4, -0.2) is 120 Å². The first-order valence-electron chi connectivity index (χ1n) is 21.5. The number of hydrogen-bond donors (Lipinski definition) is 3. The Hall–Kier alpha value is -4.02. The zero-order valence-corrected chi connectivity index (χ0v) is 37.3. The summed E-state index contributed by atoms with van der Waals surface area (Å²) < 4.78 is 26.0. The Morgan fingerprint density at radius 1 is 1.14 bits per heavy atom. The van der Waals surface area contributed by atoms with Crippen molar-refractivity contribution in [3.05, 3.63) is 30.5 Å². The molecule has 0 bridgehead atoms. The minimum atomic E-state index is -1.29. The number of anilines is 1. The maximum atomic E-state index is 14.1. The molecule has 1 aromatic carbocycles. The zero-order valence-electron chi connectivity index (χ0n) is 37.3. The van der Waals surface area contributed by atoms with E-state index in [1.54, 1.807) is 30.5 Å². The van der Waals surface area contributed by atoms with E-state index in [0.717, 1.165) is 11.3 Å². The summed E-state index contributed by atoms with van der Waals surface area (Å²) in [6.45, 7) is 19.3. The minimum Gasteiger partial charge on any atom is -0.464 e. The second kappa shape index (κ2) is 21.0. The third-order valence-corrected chi connectivity index (χ3v) is 12.6. The van der Waals surface area contributed by atoms with Gasteiger partial charge in [-0.25, -0.2) is 4.79 Å². The smallest absolute Gasteiger partial charge is 0.410 e. The Kier molecular flexibility index (Phi) is 17.0. The van der Waals surface area contributed by atoms with Gasteiger partial charge in [0.05, 0.1) is 24.4 Å². The fourth-order valence-electron chi connectivity index (χ4n) is 8.62. The Morgan fingerprint density at radius 3 is 2.51 bits per heavy atom. The van der Waals surface area contributed by atoms with Crippen LogP contribution in [0.2, 0.25) is 5.82 Å². The molecule has 0 radical (unpaired) electrons. The third-order valence-electron chi connectivity index (χ3n) is 12.6. The molecule has 328 valence electrons. The maximum absolute atomic E-state index is 14.1. The number of nitrogen functional groups attached to an aromatic ring is 1. The molecule has 0 aliphatic carbocycles. The van der Waals surface area contributed by atoms with Crippen molar-refractivity contribution < 1.29 is 38.1 Å². The van der Waals surface area contributed by atoms with Crippen molar-refractivity contribution in [3.8, 4) is 11.3 Å². The Morgan fingerprint density at radius 2 is 1.85 bits per heavy atom. The highest BCUT2D eigenvalue weighted by atomic mass is 16.6. The minimum absolute atomic E-state index is 0.0881. The van der Waals surface area contributed by atoms with E-state index in [-0.39, 0.29) is 35.4 Å². The molecule has 10 atom stereocenters. The number of aryl methyl sites for hydroxylation is 1. The molecular weight excluding hydrogens is 753 g/mol. The van der Waals surface area contributed by atoms with Crippen LogP contribution in [0.4, 0.5) is 10.5 Å². The van der Waals surface area contributed by atoms with E-state index < -0.39 is 53.3 Å². The van der Waals surface area contributed by atoms with Gasteiger partial charge in [-0.2, -0.15) is 0 Å².